The van der Waals surface area contributed by atoms with Gasteiger partial charge in [-0.2, -0.15) is 0 Å². The second-order valence-electron chi connectivity index (χ2n) is 4.74. The van der Waals surface area contributed by atoms with Crippen LogP contribution in [0, 0.1) is 0 Å². The molecule has 3 nitrogen and oxygen atoms in total. The van der Waals surface area contributed by atoms with E-state index in [0.29, 0.717) is 11.1 Å². The van der Waals surface area contributed by atoms with E-state index in [1.54, 1.807) is 48.2 Å². The lowest BCUT2D eigenvalue weighted by molar-refractivity contribution is 0.105. The lowest BCUT2D eigenvalue weighted by Gasteiger charge is -2.06. The van der Waals surface area contributed by atoms with E-state index in [1.807, 2.05) is 6.92 Å². The molecule has 21 heavy (non-hydrogen) atoms. The lowest BCUT2D eigenvalue weighted by atomic mass is 10.0. The van der Waals surface area contributed by atoms with Crippen LogP contribution in [0.2, 0.25) is 0 Å². The molecule has 0 aromatic heterocycles. The van der Waals surface area contributed by atoms with Crippen LogP contribution in [0.25, 0.3) is 10.5 Å². The zero-order chi connectivity index (χ0) is 15.0. The molecule has 106 valence electrons. The fourth-order valence-electron chi connectivity index (χ4n) is 2.48. The minimum Gasteiger partial charge on any atom is -0.508 e. The van der Waals surface area contributed by atoms with Gasteiger partial charge in [0.25, 0.3) is 0 Å². The molecular weight excluding hydrogens is 284 g/mol. The third-order valence-corrected chi connectivity index (χ3v) is 4.39. The van der Waals surface area contributed by atoms with Gasteiger partial charge < -0.3 is 10.2 Å². The number of hydrogen-bond donors (Lipinski definition) is 2. The van der Waals surface area contributed by atoms with Gasteiger partial charge >= 0.3 is 0 Å². The Labute approximate surface area is 126 Å². The van der Waals surface area contributed by atoms with Crippen molar-refractivity contribution in [2.45, 2.75) is 6.92 Å². The zero-order valence-corrected chi connectivity index (χ0v) is 12.3. The molecule has 0 radical (unpaired) electrons. The average Bonchev–Trinajstić information content (AvgIpc) is 2.73. The third kappa shape index (κ3) is 2.32. The Morgan fingerprint density at radius 3 is 2.29 bits per heavy atom. The maximum Gasteiger partial charge on any atom is 0.195 e. The number of allylic oxidation sites excluding steroid dienone is 1. The first-order valence-corrected chi connectivity index (χ1v) is 7.65. The number of hydrogen-bond acceptors (Lipinski definition) is 4. The summed E-state index contributed by atoms with van der Waals surface area (Å²) in [7, 11) is 0. The van der Waals surface area contributed by atoms with Crippen molar-refractivity contribution in [3.8, 4) is 11.5 Å². The van der Waals surface area contributed by atoms with Gasteiger partial charge in [0.1, 0.15) is 11.5 Å². The molecule has 0 saturated heterocycles. The van der Waals surface area contributed by atoms with E-state index in [9.17, 15) is 15.0 Å². The number of fused-ring (bicyclic) bond motifs is 1. The van der Waals surface area contributed by atoms with E-state index in [4.69, 9.17) is 0 Å². The molecule has 3 rings (SSSR count). The van der Waals surface area contributed by atoms with Gasteiger partial charge in [-0.25, -0.2) is 0 Å². The highest BCUT2D eigenvalue weighted by molar-refractivity contribution is 8.08. The van der Waals surface area contributed by atoms with Crippen LogP contribution >= 0.6 is 11.8 Å². The molecule has 1 aliphatic rings. The molecular formula is C17H14O3S. The molecule has 4 heteroatoms. The maximum absolute atomic E-state index is 12.7. The number of carbonyl (C=O) groups excluding carboxylic acids is 1. The normalized spacial score (nSPS) is 13.7. The minimum atomic E-state index is -0.0810. The summed E-state index contributed by atoms with van der Waals surface area (Å²) in [6, 6.07) is 11.5. The molecule has 0 bridgehead atoms. The molecule has 2 aromatic rings. The van der Waals surface area contributed by atoms with Crippen molar-refractivity contribution in [3.05, 3.63) is 59.2 Å². The number of rotatable bonds is 3. The van der Waals surface area contributed by atoms with Gasteiger partial charge in [-0.1, -0.05) is 19.1 Å². The number of phenols is 2. The van der Waals surface area contributed by atoms with Crippen LogP contribution in [0.15, 0.2) is 42.5 Å². The highest BCUT2D eigenvalue weighted by Crippen LogP contribution is 2.45. The Bertz CT molecular complexity index is 745. The van der Waals surface area contributed by atoms with Gasteiger partial charge in [0.05, 0.1) is 0 Å². The van der Waals surface area contributed by atoms with E-state index in [2.05, 4.69) is 0 Å². The SMILES string of the molecule is CCSC1=C(c2ccc(O)cc2)C(=O)c2cc(O)ccc21. The van der Waals surface area contributed by atoms with Crippen LogP contribution in [0.1, 0.15) is 28.4 Å². The zero-order valence-electron chi connectivity index (χ0n) is 11.5. The number of Topliss-reactive ketones (excluding diaryl/α,β-unsaturated/α-hetero) is 1. The summed E-state index contributed by atoms with van der Waals surface area (Å²) in [6.45, 7) is 2.04. The summed E-state index contributed by atoms with van der Waals surface area (Å²) >= 11 is 1.61. The topological polar surface area (TPSA) is 57.5 Å². The van der Waals surface area contributed by atoms with Crippen LogP contribution in [-0.4, -0.2) is 21.7 Å². The number of aromatic hydroxyl groups is 2. The molecule has 2 aromatic carbocycles. The smallest absolute Gasteiger partial charge is 0.195 e. The van der Waals surface area contributed by atoms with E-state index >= 15 is 0 Å². The molecule has 0 heterocycles. The Balaban J connectivity index is 2.19. The fourth-order valence-corrected chi connectivity index (χ4v) is 3.45. The predicted octanol–water partition coefficient (Wildman–Crippen LogP) is 3.92. The van der Waals surface area contributed by atoms with Crippen molar-refractivity contribution >= 4 is 28.0 Å². The fraction of sp³-hybridized carbons (Fsp3) is 0.118. The van der Waals surface area contributed by atoms with E-state index in [1.165, 1.54) is 6.07 Å². The van der Waals surface area contributed by atoms with Crippen LogP contribution in [0.4, 0.5) is 0 Å². The Morgan fingerprint density at radius 1 is 0.952 bits per heavy atom. The molecule has 0 fully saturated rings. The van der Waals surface area contributed by atoms with Crippen LogP contribution in [0.5, 0.6) is 11.5 Å². The van der Waals surface area contributed by atoms with Crippen molar-refractivity contribution in [1.82, 2.24) is 0 Å². The molecule has 0 atom stereocenters. The van der Waals surface area contributed by atoms with E-state index in [0.717, 1.165) is 21.8 Å². The monoisotopic (exact) mass is 298 g/mol. The van der Waals surface area contributed by atoms with Crippen molar-refractivity contribution in [1.29, 1.82) is 0 Å². The van der Waals surface area contributed by atoms with Crippen LogP contribution in [-0.2, 0) is 0 Å². The largest absolute Gasteiger partial charge is 0.508 e. The molecule has 0 amide bonds. The Hall–Kier alpha value is -2.20. The maximum atomic E-state index is 12.7. The summed E-state index contributed by atoms with van der Waals surface area (Å²) < 4.78 is 0. The average molecular weight is 298 g/mol. The molecule has 2 N–H and O–H groups in total. The summed E-state index contributed by atoms with van der Waals surface area (Å²) in [5.74, 6) is 1.03. The van der Waals surface area contributed by atoms with Gasteiger partial charge in [-0.15, -0.1) is 11.8 Å². The van der Waals surface area contributed by atoms with Crippen molar-refractivity contribution in [3.63, 3.8) is 0 Å². The van der Waals surface area contributed by atoms with Gasteiger partial charge in [-0.05, 0) is 41.6 Å². The lowest BCUT2D eigenvalue weighted by Crippen LogP contribution is -1.98. The molecule has 0 aliphatic heterocycles. The second kappa shape index (κ2) is 5.30. The molecule has 0 spiro atoms. The van der Waals surface area contributed by atoms with Gasteiger partial charge in [0, 0.05) is 21.6 Å². The van der Waals surface area contributed by atoms with Gasteiger partial charge in [-0.3, -0.25) is 4.79 Å². The van der Waals surface area contributed by atoms with Crippen molar-refractivity contribution in [2.24, 2.45) is 0 Å². The van der Waals surface area contributed by atoms with Gasteiger partial charge in [0.2, 0.25) is 0 Å². The number of phenolic OH excluding ortho intramolecular Hbond substituents is 2. The summed E-state index contributed by atoms with van der Waals surface area (Å²) in [4.78, 5) is 13.6. The minimum absolute atomic E-state index is 0.0810. The summed E-state index contributed by atoms with van der Waals surface area (Å²) in [5.41, 5.74) is 2.83. The van der Waals surface area contributed by atoms with Crippen LogP contribution in [0.3, 0.4) is 0 Å². The van der Waals surface area contributed by atoms with Crippen molar-refractivity contribution in [2.75, 3.05) is 5.75 Å². The first kappa shape index (κ1) is 13.8. The first-order valence-electron chi connectivity index (χ1n) is 6.66. The quantitative estimate of drug-likeness (QED) is 0.902. The Kier molecular flexibility index (Phi) is 3.47. The predicted molar refractivity (Wildman–Crippen MR) is 85.5 cm³/mol. The number of thioether (sulfide) groups is 1. The number of ketones is 1. The van der Waals surface area contributed by atoms with Crippen LogP contribution < -0.4 is 0 Å². The number of carbonyl (C=O) groups is 1. The first-order chi connectivity index (χ1) is 10.1. The summed E-state index contributed by atoms with van der Waals surface area (Å²) in [6.07, 6.45) is 0. The van der Waals surface area contributed by atoms with E-state index in [-0.39, 0.29) is 17.3 Å². The van der Waals surface area contributed by atoms with Crippen molar-refractivity contribution < 1.29 is 15.0 Å². The Morgan fingerprint density at radius 2 is 1.62 bits per heavy atom. The molecule has 0 unspecified atom stereocenters. The van der Waals surface area contributed by atoms with Gasteiger partial charge in [0.15, 0.2) is 5.78 Å². The number of benzene rings is 2. The third-order valence-electron chi connectivity index (χ3n) is 3.39. The summed E-state index contributed by atoms with van der Waals surface area (Å²) in [5, 5.41) is 19.0. The standard InChI is InChI=1S/C17H14O3S/c1-2-21-17-13-8-7-12(19)9-14(13)16(20)15(17)10-3-5-11(18)6-4-10/h3-9,18-19H,2H2,1H3. The molecule has 1 aliphatic carbocycles. The van der Waals surface area contributed by atoms with E-state index < -0.39 is 0 Å². The second-order valence-corrected chi connectivity index (χ2v) is 6.02. The highest BCUT2D eigenvalue weighted by atomic mass is 32.2. The molecule has 0 saturated carbocycles. The highest BCUT2D eigenvalue weighted by Gasteiger charge is 2.30.